The molecule has 0 fully saturated rings. The zero-order chi connectivity index (χ0) is 15.9. The molecule has 116 valence electrons. The van der Waals surface area contributed by atoms with E-state index in [1.54, 1.807) is 6.07 Å². The van der Waals surface area contributed by atoms with Crippen LogP contribution in [0.5, 0.6) is 0 Å². The predicted molar refractivity (Wildman–Crippen MR) is 82.8 cm³/mol. The second-order valence-corrected chi connectivity index (χ2v) is 5.06. The average Bonchev–Trinajstić information content (AvgIpc) is 2.53. The number of amides is 2. The van der Waals surface area contributed by atoms with Crippen molar-refractivity contribution in [1.29, 1.82) is 0 Å². The number of hydrogen-bond acceptors (Lipinski definition) is 2. The molecular weight excluding hydrogens is 283 g/mol. The fourth-order valence-corrected chi connectivity index (χ4v) is 2.09. The van der Waals surface area contributed by atoms with Gasteiger partial charge < -0.3 is 15.7 Å². The molecule has 0 unspecified atom stereocenters. The van der Waals surface area contributed by atoms with Crippen LogP contribution < -0.4 is 10.6 Å². The molecule has 2 amide bonds. The van der Waals surface area contributed by atoms with E-state index in [-0.39, 0.29) is 18.6 Å². The molecule has 0 aliphatic rings. The Bertz CT molecular complexity index is 619. The van der Waals surface area contributed by atoms with Gasteiger partial charge in [-0.2, -0.15) is 0 Å². The molecule has 2 aromatic carbocycles. The quantitative estimate of drug-likeness (QED) is 0.795. The van der Waals surface area contributed by atoms with Gasteiger partial charge in [-0.3, -0.25) is 0 Å². The number of benzene rings is 2. The van der Waals surface area contributed by atoms with E-state index in [4.69, 9.17) is 0 Å². The minimum Gasteiger partial charge on any atom is -0.387 e. The third kappa shape index (κ3) is 4.56. The second kappa shape index (κ2) is 7.56. The summed E-state index contributed by atoms with van der Waals surface area (Å²) in [6.45, 7) is 1.88. The Labute approximate surface area is 129 Å². The number of nitrogens with one attached hydrogen (secondary N) is 2. The zero-order valence-corrected chi connectivity index (χ0v) is 12.3. The molecule has 0 radical (unpaired) electrons. The standard InChI is InChI=1S/C17H19FN2O2/c1-12(13-6-3-2-4-7-13)20-17(22)19-11-16(21)14-8-5-9-15(18)10-14/h2-10,12,16,21H,11H2,1H3,(H2,19,20,22)/t12-,16+/m1/s1. The minimum atomic E-state index is -0.950. The molecule has 0 heterocycles. The van der Waals surface area contributed by atoms with Crippen molar-refractivity contribution < 1.29 is 14.3 Å². The predicted octanol–water partition coefficient (Wildman–Crippen LogP) is 2.92. The number of rotatable bonds is 5. The van der Waals surface area contributed by atoms with Crippen LogP contribution in [0.4, 0.5) is 9.18 Å². The van der Waals surface area contributed by atoms with Crippen molar-refractivity contribution >= 4 is 6.03 Å². The molecule has 2 atom stereocenters. The first-order chi connectivity index (χ1) is 10.6. The number of halogens is 1. The van der Waals surface area contributed by atoms with E-state index in [2.05, 4.69) is 10.6 Å². The van der Waals surface area contributed by atoms with Gasteiger partial charge in [0.05, 0.1) is 12.1 Å². The highest BCUT2D eigenvalue weighted by atomic mass is 19.1. The van der Waals surface area contributed by atoms with Gasteiger partial charge in [-0.15, -0.1) is 0 Å². The number of carbonyl (C=O) groups excluding carboxylic acids is 1. The maximum Gasteiger partial charge on any atom is 0.315 e. The Hall–Kier alpha value is -2.40. The fraction of sp³-hybridized carbons (Fsp3) is 0.235. The highest BCUT2D eigenvalue weighted by Crippen LogP contribution is 2.13. The van der Waals surface area contributed by atoms with Crippen molar-refractivity contribution in [1.82, 2.24) is 10.6 Å². The molecule has 4 nitrogen and oxygen atoms in total. The normalized spacial score (nSPS) is 13.2. The van der Waals surface area contributed by atoms with Gasteiger partial charge in [0.25, 0.3) is 0 Å². The Morgan fingerprint density at radius 3 is 2.50 bits per heavy atom. The van der Waals surface area contributed by atoms with Crippen LogP contribution in [0.2, 0.25) is 0 Å². The van der Waals surface area contributed by atoms with Gasteiger partial charge in [-0.05, 0) is 30.2 Å². The van der Waals surface area contributed by atoms with Crippen molar-refractivity contribution in [2.75, 3.05) is 6.54 Å². The van der Waals surface area contributed by atoms with Crippen molar-refractivity contribution in [3.8, 4) is 0 Å². The van der Waals surface area contributed by atoms with Crippen molar-refractivity contribution in [3.63, 3.8) is 0 Å². The summed E-state index contributed by atoms with van der Waals surface area (Å²) in [6, 6.07) is 14.7. The Morgan fingerprint density at radius 1 is 1.14 bits per heavy atom. The van der Waals surface area contributed by atoms with Gasteiger partial charge in [-0.1, -0.05) is 42.5 Å². The van der Waals surface area contributed by atoms with Gasteiger partial charge >= 0.3 is 6.03 Å². The summed E-state index contributed by atoms with van der Waals surface area (Å²) >= 11 is 0. The van der Waals surface area contributed by atoms with Crippen LogP contribution in [0.3, 0.4) is 0 Å². The van der Waals surface area contributed by atoms with Gasteiger partial charge in [-0.25, -0.2) is 9.18 Å². The summed E-state index contributed by atoms with van der Waals surface area (Å²) in [5, 5.41) is 15.3. The maximum atomic E-state index is 13.1. The smallest absolute Gasteiger partial charge is 0.315 e. The van der Waals surface area contributed by atoms with Crippen LogP contribution in [0.25, 0.3) is 0 Å². The Balaban J connectivity index is 1.82. The second-order valence-electron chi connectivity index (χ2n) is 5.06. The molecule has 5 heteroatoms. The highest BCUT2D eigenvalue weighted by molar-refractivity contribution is 5.74. The largest absolute Gasteiger partial charge is 0.387 e. The van der Waals surface area contributed by atoms with E-state index >= 15 is 0 Å². The topological polar surface area (TPSA) is 61.4 Å². The lowest BCUT2D eigenvalue weighted by Gasteiger charge is -2.17. The third-order valence-corrected chi connectivity index (χ3v) is 3.34. The summed E-state index contributed by atoms with van der Waals surface area (Å²) in [7, 11) is 0. The van der Waals surface area contributed by atoms with Crippen LogP contribution in [-0.4, -0.2) is 17.7 Å². The SMILES string of the molecule is C[C@@H](NC(=O)NC[C@H](O)c1cccc(F)c1)c1ccccc1. The van der Waals surface area contributed by atoms with E-state index in [9.17, 15) is 14.3 Å². The Morgan fingerprint density at radius 2 is 1.82 bits per heavy atom. The lowest BCUT2D eigenvalue weighted by atomic mass is 10.1. The Kier molecular flexibility index (Phi) is 5.49. The van der Waals surface area contributed by atoms with E-state index in [1.807, 2.05) is 37.3 Å². The molecule has 0 aliphatic carbocycles. The molecule has 2 rings (SSSR count). The highest BCUT2D eigenvalue weighted by Gasteiger charge is 2.12. The lowest BCUT2D eigenvalue weighted by Crippen LogP contribution is -2.39. The number of hydrogen-bond donors (Lipinski definition) is 3. The summed E-state index contributed by atoms with van der Waals surface area (Å²) in [4.78, 5) is 11.8. The van der Waals surface area contributed by atoms with Gasteiger partial charge in [0.1, 0.15) is 5.82 Å². The molecule has 2 aromatic rings. The maximum absolute atomic E-state index is 13.1. The van der Waals surface area contributed by atoms with Crippen LogP contribution in [-0.2, 0) is 0 Å². The fourth-order valence-electron chi connectivity index (χ4n) is 2.09. The lowest BCUT2D eigenvalue weighted by molar-refractivity contribution is 0.172. The minimum absolute atomic E-state index is 0.0107. The molecule has 0 spiro atoms. The van der Waals surface area contributed by atoms with Crippen molar-refractivity contribution in [2.24, 2.45) is 0 Å². The van der Waals surface area contributed by atoms with Gasteiger partial charge in [0.15, 0.2) is 0 Å². The van der Waals surface area contributed by atoms with Crippen LogP contribution in [0.1, 0.15) is 30.2 Å². The van der Waals surface area contributed by atoms with Gasteiger partial charge in [0, 0.05) is 6.54 Å². The number of aliphatic hydroxyl groups excluding tert-OH is 1. The first-order valence-corrected chi connectivity index (χ1v) is 7.09. The number of aliphatic hydroxyl groups is 1. The average molecular weight is 302 g/mol. The van der Waals surface area contributed by atoms with Crippen molar-refractivity contribution in [2.45, 2.75) is 19.1 Å². The molecule has 0 saturated carbocycles. The van der Waals surface area contributed by atoms with Crippen LogP contribution >= 0.6 is 0 Å². The van der Waals surface area contributed by atoms with E-state index in [1.165, 1.54) is 18.2 Å². The van der Waals surface area contributed by atoms with E-state index in [0.29, 0.717) is 5.56 Å². The molecule has 3 N–H and O–H groups in total. The van der Waals surface area contributed by atoms with Crippen LogP contribution in [0, 0.1) is 5.82 Å². The zero-order valence-electron chi connectivity index (χ0n) is 12.3. The molecule has 0 saturated heterocycles. The van der Waals surface area contributed by atoms with E-state index in [0.717, 1.165) is 5.56 Å². The molecular formula is C17H19FN2O2. The van der Waals surface area contributed by atoms with Crippen molar-refractivity contribution in [3.05, 3.63) is 71.5 Å². The van der Waals surface area contributed by atoms with Gasteiger partial charge in [0.2, 0.25) is 0 Å². The molecule has 0 bridgehead atoms. The summed E-state index contributed by atoms with van der Waals surface area (Å²) in [5.41, 5.74) is 1.42. The first-order valence-electron chi connectivity index (χ1n) is 7.09. The van der Waals surface area contributed by atoms with E-state index < -0.39 is 11.9 Å². The molecule has 0 aromatic heterocycles. The summed E-state index contributed by atoms with van der Waals surface area (Å²) in [6.07, 6.45) is -0.950. The third-order valence-electron chi connectivity index (χ3n) is 3.34. The summed E-state index contributed by atoms with van der Waals surface area (Å²) in [5.74, 6) is -0.418. The molecule has 22 heavy (non-hydrogen) atoms. The monoisotopic (exact) mass is 302 g/mol. The molecule has 0 aliphatic heterocycles. The number of carbonyl (C=O) groups is 1. The van der Waals surface area contributed by atoms with Crippen LogP contribution in [0.15, 0.2) is 54.6 Å². The number of urea groups is 1. The first kappa shape index (κ1) is 16.0. The summed E-state index contributed by atoms with van der Waals surface area (Å²) < 4.78 is 13.1.